The summed E-state index contributed by atoms with van der Waals surface area (Å²) in [7, 11) is 0. The highest BCUT2D eigenvalue weighted by molar-refractivity contribution is 5.64. The zero-order valence-corrected chi connectivity index (χ0v) is 12.1. The van der Waals surface area contributed by atoms with Crippen molar-refractivity contribution < 1.29 is 4.92 Å². The molecule has 0 aromatic carbocycles. The van der Waals surface area contributed by atoms with Gasteiger partial charge in [0.05, 0.1) is 4.92 Å². The van der Waals surface area contributed by atoms with Crippen LogP contribution in [-0.4, -0.2) is 15.9 Å². The van der Waals surface area contributed by atoms with Gasteiger partial charge in [0.2, 0.25) is 5.82 Å². The molecule has 0 amide bonds. The summed E-state index contributed by atoms with van der Waals surface area (Å²) < 4.78 is 0. The quantitative estimate of drug-likeness (QED) is 0.608. The molecule has 1 N–H and O–H groups in total. The van der Waals surface area contributed by atoms with Crippen molar-refractivity contribution in [3.05, 3.63) is 27.9 Å². The van der Waals surface area contributed by atoms with Crippen LogP contribution in [0.4, 0.5) is 11.5 Å². The van der Waals surface area contributed by atoms with Crippen LogP contribution in [0.15, 0.2) is 12.3 Å². The normalized spacial score (nSPS) is 11.9. The number of nitriles is 1. The fourth-order valence-electron chi connectivity index (χ4n) is 1.97. The number of pyridine rings is 1. The Morgan fingerprint density at radius 3 is 2.70 bits per heavy atom. The van der Waals surface area contributed by atoms with Gasteiger partial charge in [-0.25, -0.2) is 4.98 Å². The van der Waals surface area contributed by atoms with Crippen LogP contribution < -0.4 is 5.32 Å². The van der Waals surface area contributed by atoms with Crippen LogP contribution in [-0.2, 0) is 0 Å². The Labute approximate surface area is 119 Å². The van der Waals surface area contributed by atoms with Crippen molar-refractivity contribution in [3.8, 4) is 6.07 Å². The highest BCUT2D eigenvalue weighted by atomic mass is 16.6. The first kappa shape index (κ1) is 15.9. The van der Waals surface area contributed by atoms with Gasteiger partial charge >= 0.3 is 5.69 Å². The minimum atomic E-state index is -0.561. The molecule has 0 aliphatic heterocycles. The van der Waals surface area contributed by atoms with Crippen LogP contribution >= 0.6 is 0 Å². The van der Waals surface area contributed by atoms with Crippen LogP contribution in [0, 0.1) is 27.4 Å². The van der Waals surface area contributed by atoms with Crippen LogP contribution in [0.5, 0.6) is 0 Å². The van der Waals surface area contributed by atoms with Crippen LogP contribution in [0.25, 0.3) is 0 Å². The molecule has 1 unspecified atom stereocenters. The van der Waals surface area contributed by atoms with E-state index in [9.17, 15) is 10.1 Å². The van der Waals surface area contributed by atoms with Crippen molar-refractivity contribution in [2.45, 2.75) is 46.1 Å². The summed E-state index contributed by atoms with van der Waals surface area (Å²) in [5.74, 6) is 0.822. The predicted octanol–water partition coefficient (Wildman–Crippen LogP) is 3.49. The highest BCUT2D eigenvalue weighted by Crippen LogP contribution is 2.26. The maximum Gasteiger partial charge on any atom is 0.328 e. The van der Waals surface area contributed by atoms with Gasteiger partial charge in [-0.3, -0.25) is 10.1 Å². The molecular weight excluding hydrogens is 256 g/mol. The van der Waals surface area contributed by atoms with Crippen molar-refractivity contribution >= 4 is 11.5 Å². The molecule has 1 aromatic heterocycles. The minimum absolute atomic E-state index is 0.0295. The largest absolute Gasteiger partial charge is 0.362 e. The van der Waals surface area contributed by atoms with Crippen molar-refractivity contribution in [1.29, 1.82) is 5.26 Å². The summed E-state index contributed by atoms with van der Waals surface area (Å²) in [6, 6.07) is 3.26. The van der Waals surface area contributed by atoms with Crippen molar-refractivity contribution in [1.82, 2.24) is 4.98 Å². The summed E-state index contributed by atoms with van der Waals surface area (Å²) in [6.07, 6.45) is 4.50. The third kappa shape index (κ3) is 4.50. The smallest absolute Gasteiger partial charge is 0.328 e. The lowest BCUT2D eigenvalue weighted by Crippen LogP contribution is -2.17. The van der Waals surface area contributed by atoms with Gasteiger partial charge in [-0.15, -0.1) is 0 Å². The molecule has 1 aromatic rings. The van der Waals surface area contributed by atoms with Gasteiger partial charge < -0.3 is 5.32 Å². The van der Waals surface area contributed by atoms with E-state index in [1.165, 1.54) is 12.3 Å². The van der Waals surface area contributed by atoms with Gasteiger partial charge in [0, 0.05) is 12.2 Å². The van der Waals surface area contributed by atoms with E-state index in [0.29, 0.717) is 5.92 Å². The van der Waals surface area contributed by atoms with E-state index in [-0.39, 0.29) is 23.1 Å². The number of hydrogen-bond acceptors (Lipinski definition) is 5. The second-order valence-electron chi connectivity index (χ2n) is 5.29. The van der Waals surface area contributed by atoms with Gasteiger partial charge in [-0.1, -0.05) is 26.7 Å². The van der Waals surface area contributed by atoms with Gasteiger partial charge in [0.15, 0.2) is 0 Å². The number of aromatic nitrogens is 1. The first-order chi connectivity index (χ1) is 9.45. The average molecular weight is 276 g/mol. The average Bonchev–Trinajstić information content (AvgIpc) is 2.37. The standard InChI is InChI=1S/C14H20N4O2/c1-10(2)5-4-6-11(3)17-14-13(18(19)20)12(9-15)7-8-16-14/h7-8,10-11H,4-6H2,1-3H3,(H,16,17). The predicted molar refractivity (Wildman–Crippen MR) is 77.4 cm³/mol. The first-order valence-electron chi connectivity index (χ1n) is 6.75. The molecule has 1 rings (SSSR count). The van der Waals surface area contributed by atoms with E-state index < -0.39 is 4.92 Å². The van der Waals surface area contributed by atoms with Crippen LogP contribution in [0.2, 0.25) is 0 Å². The summed E-state index contributed by atoms with van der Waals surface area (Å²) in [5, 5.41) is 23.0. The lowest BCUT2D eigenvalue weighted by molar-refractivity contribution is -0.384. The first-order valence-corrected chi connectivity index (χ1v) is 6.75. The molecule has 1 atom stereocenters. The van der Waals surface area contributed by atoms with Gasteiger partial charge in [-0.05, 0) is 25.3 Å². The number of rotatable bonds is 7. The number of nitro groups is 1. The Morgan fingerprint density at radius 1 is 1.45 bits per heavy atom. The minimum Gasteiger partial charge on any atom is -0.362 e. The zero-order chi connectivity index (χ0) is 15.1. The number of nitrogens with zero attached hydrogens (tertiary/aromatic N) is 3. The Morgan fingerprint density at radius 2 is 2.15 bits per heavy atom. The molecule has 20 heavy (non-hydrogen) atoms. The number of anilines is 1. The molecule has 0 saturated carbocycles. The maximum absolute atomic E-state index is 11.1. The van der Waals surface area contributed by atoms with Crippen molar-refractivity contribution in [2.24, 2.45) is 5.92 Å². The van der Waals surface area contributed by atoms with E-state index in [4.69, 9.17) is 5.26 Å². The monoisotopic (exact) mass is 276 g/mol. The third-order valence-corrected chi connectivity index (χ3v) is 3.03. The van der Waals surface area contributed by atoms with E-state index in [0.717, 1.165) is 19.3 Å². The Hall–Kier alpha value is -2.16. The highest BCUT2D eigenvalue weighted by Gasteiger charge is 2.22. The second-order valence-corrected chi connectivity index (χ2v) is 5.29. The molecule has 6 nitrogen and oxygen atoms in total. The molecule has 108 valence electrons. The fraction of sp³-hybridized carbons (Fsp3) is 0.571. The Balaban J connectivity index is 2.77. The van der Waals surface area contributed by atoms with Crippen LogP contribution in [0.3, 0.4) is 0 Å². The van der Waals surface area contributed by atoms with E-state index in [1.807, 2.05) is 13.0 Å². The summed E-state index contributed by atoms with van der Waals surface area (Å²) in [5.41, 5.74) is -0.215. The van der Waals surface area contributed by atoms with Gasteiger partial charge in [0.1, 0.15) is 11.6 Å². The molecule has 6 heteroatoms. The Bertz CT molecular complexity index is 508. The SMILES string of the molecule is CC(C)CCCC(C)Nc1nccc(C#N)c1[N+](=O)[O-]. The van der Waals surface area contributed by atoms with Gasteiger partial charge in [0.25, 0.3) is 0 Å². The molecule has 0 aliphatic carbocycles. The summed E-state index contributed by atoms with van der Waals surface area (Å²) in [6.45, 7) is 6.30. The summed E-state index contributed by atoms with van der Waals surface area (Å²) in [4.78, 5) is 14.5. The second kappa shape index (κ2) is 7.43. The van der Waals surface area contributed by atoms with Gasteiger partial charge in [-0.2, -0.15) is 5.26 Å². The molecule has 0 fully saturated rings. The number of hydrogen-bond donors (Lipinski definition) is 1. The summed E-state index contributed by atoms with van der Waals surface area (Å²) >= 11 is 0. The van der Waals surface area contributed by atoms with Crippen LogP contribution in [0.1, 0.15) is 45.6 Å². The molecule has 0 radical (unpaired) electrons. The lowest BCUT2D eigenvalue weighted by atomic mass is 10.0. The van der Waals surface area contributed by atoms with E-state index in [1.54, 1.807) is 0 Å². The van der Waals surface area contributed by atoms with Crippen molar-refractivity contribution in [3.63, 3.8) is 0 Å². The molecule has 0 spiro atoms. The molecular formula is C14H20N4O2. The Kier molecular flexibility index (Phi) is 5.91. The number of nitrogens with one attached hydrogen (secondary N) is 1. The lowest BCUT2D eigenvalue weighted by Gasteiger charge is -2.15. The molecule has 1 heterocycles. The third-order valence-electron chi connectivity index (χ3n) is 3.03. The molecule has 0 bridgehead atoms. The van der Waals surface area contributed by atoms with Crippen molar-refractivity contribution in [2.75, 3.05) is 5.32 Å². The topological polar surface area (TPSA) is 91.8 Å². The fourth-order valence-corrected chi connectivity index (χ4v) is 1.97. The molecule has 0 saturated heterocycles. The molecule has 0 aliphatic rings. The maximum atomic E-state index is 11.1. The van der Waals surface area contributed by atoms with E-state index in [2.05, 4.69) is 24.1 Å². The zero-order valence-electron chi connectivity index (χ0n) is 12.1. The van der Waals surface area contributed by atoms with E-state index >= 15 is 0 Å².